The van der Waals surface area contributed by atoms with Gasteiger partial charge in [-0.25, -0.2) is 4.79 Å². The van der Waals surface area contributed by atoms with E-state index in [9.17, 15) is 9.90 Å². The highest BCUT2D eigenvalue weighted by molar-refractivity contribution is 5.93. The van der Waals surface area contributed by atoms with Gasteiger partial charge in [0.05, 0.1) is 36.6 Å². The summed E-state index contributed by atoms with van der Waals surface area (Å²) in [5.41, 5.74) is 1.23. The van der Waals surface area contributed by atoms with Crippen LogP contribution in [0.1, 0.15) is 19.7 Å². The molecule has 1 saturated heterocycles. The SMILES string of the molecule is CCc1noc(-c2ccccc2NC(=O)N(CC)[C@@H]2COC[C@H]2O)n1. The molecule has 2 heterocycles. The number of aliphatic hydroxyl groups excluding tert-OH is 1. The highest BCUT2D eigenvalue weighted by Gasteiger charge is 2.34. The smallest absolute Gasteiger partial charge is 0.322 e. The average Bonchev–Trinajstić information content (AvgIpc) is 3.26. The Labute approximate surface area is 145 Å². The maximum Gasteiger partial charge on any atom is 0.322 e. The Kier molecular flexibility index (Phi) is 5.30. The summed E-state index contributed by atoms with van der Waals surface area (Å²) in [5.74, 6) is 0.970. The molecule has 0 bridgehead atoms. The van der Waals surface area contributed by atoms with Crippen LogP contribution in [-0.4, -0.2) is 58.1 Å². The van der Waals surface area contributed by atoms with Crippen LogP contribution in [0.5, 0.6) is 0 Å². The minimum atomic E-state index is -0.677. The van der Waals surface area contributed by atoms with Gasteiger partial charge >= 0.3 is 6.03 Å². The van der Waals surface area contributed by atoms with Crippen LogP contribution in [0.15, 0.2) is 28.8 Å². The zero-order valence-corrected chi connectivity index (χ0v) is 14.3. The number of anilines is 1. The number of aryl methyl sites for hydroxylation is 1. The Balaban J connectivity index is 1.81. The van der Waals surface area contributed by atoms with E-state index in [1.807, 2.05) is 32.0 Å². The number of aromatic nitrogens is 2. The molecular formula is C17H22N4O4. The number of carbonyl (C=O) groups excluding carboxylic acids is 1. The van der Waals surface area contributed by atoms with Gasteiger partial charge in [0.2, 0.25) is 0 Å². The Morgan fingerprint density at radius 1 is 1.36 bits per heavy atom. The van der Waals surface area contributed by atoms with Crippen molar-refractivity contribution in [2.24, 2.45) is 0 Å². The van der Waals surface area contributed by atoms with E-state index in [1.54, 1.807) is 11.0 Å². The molecule has 134 valence electrons. The van der Waals surface area contributed by atoms with Crippen molar-refractivity contribution in [3.8, 4) is 11.5 Å². The van der Waals surface area contributed by atoms with E-state index < -0.39 is 6.10 Å². The summed E-state index contributed by atoms with van der Waals surface area (Å²) in [6.45, 7) is 4.83. The summed E-state index contributed by atoms with van der Waals surface area (Å²) in [5, 5.41) is 16.8. The molecule has 1 aromatic carbocycles. The second-order valence-corrected chi connectivity index (χ2v) is 5.80. The maximum absolute atomic E-state index is 12.7. The summed E-state index contributed by atoms with van der Waals surface area (Å²) in [6, 6.07) is 6.59. The molecule has 2 atom stereocenters. The minimum absolute atomic E-state index is 0.243. The Morgan fingerprint density at radius 3 is 2.80 bits per heavy atom. The third kappa shape index (κ3) is 3.64. The Bertz CT molecular complexity index is 733. The van der Waals surface area contributed by atoms with Crippen molar-refractivity contribution in [3.05, 3.63) is 30.1 Å². The van der Waals surface area contributed by atoms with E-state index in [2.05, 4.69) is 15.5 Å². The predicted molar refractivity (Wildman–Crippen MR) is 91.1 cm³/mol. The molecule has 1 fully saturated rings. The molecule has 25 heavy (non-hydrogen) atoms. The van der Waals surface area contributed by atoms with Gasteiger partial charge in [-0.1, -0.05) is 24.2 Å². The van der Waals surface area contributed by atoms with E-state index in [0.29, 0.717) is 42.5 Å². The number of rotatable bonds is 5. The second-order valence-electron chi connectivity index (χ2n) is 5.80. The monoisotopic (exact) mass is 346 g/mol. The summed E-state index contributed by atoms with van der Waals surface area (Å²) < 4.78 is 10.5. The van der Waals surface area contributed by atoms with Gasteiger partial charge in [0.15, 0.2) is 5.82 Å². The first-order valence-electron chi connectivity index (χ1n) is 8.39. The number of hydrogen-bond acceptors (Lipinski definition) is 6. The maximum atomic E-state index is 12.7. The lowest BCUT2D eigenvalue weighted by atomic mass is 10.1. The molecular weight excluding hydrogens is 324 g/mol. The quantitative estimate of drug-likeness (QED) is 0.858. The molecule has 1 aliphatic rings. The molecule has 0 unspecified atom stereocenters. The molecule has 3 rings (SSSR count). The minimum Gasteiger partial charge on any atom is -0.388 e. The van der Waals surface area contributed by atoms with E-state index in [0.717, 1.165) is 0 Å². The molecule has 0 radical (unpaired) electrons. The lowest BCUT2D eigenvalue weighted by Gasteiger charge is -2.29. The van der Waals surface area contributed by atoms with Crippen LogP contribution < -0.4 is 5.32 Å². The zero-order chi connectivity index (χ0) is 17.8. The number of para-hydroxylation sites is 1. The lowest BCUT2D eigenvalue weighted by molar-refractivity contribution is 0.1000. The van der Waals surface area contributed by atoms with Crippen molar-refractivity contribution >= 4 is 11.7 Å². The number of urea groups is 1. The summed E-state index contributed by atoms with van der Waals surface area (Å²) >= 11 is 0. The lowest BCUT2D eigenvalue weighted by Crippen LogP contribution is -2.48. The number of nitrogens with zero attached hydrogens (tertiary/aromatic N) is 3. The highest BCUT2D eigenvalue weighted by Crippen LogP contribution is 2.27. The van der Waals surface area contributed by atoms with Crippen molar-refractivity contribution < 1.29 is 19.2 Å². The summed E-state index contributed by atoms with van der Waals surface area (Å²) in [4.78, 5) is 18.6. The number of carbonyl (C=O) groups is 1. The largest absolute Gasteiger partial charge is 0.388 e. The van der Waals surface area contributed by atoms with Crippen LogP contribution in [0.3, 0.4) is 0 Å². The van der Waals surface area contributed by atoms with Crippen LogP contribution in [0.4, 0.5) is 10.5 Å². The summed E-state index contributed by atoms with van der Waals surface area (Å²) in [7, 11) is 0. The Hall–Kier alpha value is -2.45. The molecule has 2 aromatic rings. The molecule has 0 aliphatic carbocycles. The van der Waals surface area contributed by atoms with Gasteiger partial charge in [-0.2, -0.15) is 4.98 Å². The first-order chi connectivity index (χ1) is 12.1. The fourth-order valence-electron chi connectivity index (χ4n) is 2.83. The van der Waals surface area contributed by atoms with E-state index >= 15 is 0 Å². The van der Waals surface area contributed by atoms with Crippen LogP contribution in [0.2, 0.25) is 0 Å². The standard InChI is InChI=1S/C17H22N4O4/c1-3-15-19-16(25-20-15)11-7-5-6-8-12(11)18-17(23)21(4-2)13-9-24-10-14(13)22/h5-8,13-14,22H,3-4,9-10H2,1-2H3,(H,18,23)/t13-,14-/m1/s1. The van der Waals surface area contributed by atoms with Gasteiger partial charge in [-0.3, -0.25) is 0 Å². The first kappa shape index (κ1) is 17.4. The molecule has 1 aromatic heterocycles. The summed E-state index contributed by atoms with van der Waals surface area (Å²) in [6.07, 6.45) is -0.00899. The molecule has 1 aliphatic heterocycles. The van der Waals surface area contributed by atoms with Crippen LogP contribution >= 0.6 is 0 Å². The second kappa shape index (κ2) is 7.62. The van der Waals surface area contributed by atoms with Crippen molar-refractivity contribution in [2.45, 2.75) is 32.4 Å². The van der Waals surface area contributed by atoms with E-state index in [-0.39, 0.29) is 18.7 Å². The van der Waals surface area contributed by atoms with Crippen molar-refractivity contribution in [1.29, 1.82) is 0 Å². The highest BCUT2D eigenvalue weighted by atomic mass is 16.5. The van der Waals surface area contributed by atoms with Crippen LogP contribution in [0.25, 0.3) is 11.5 Å². The van der Waals surface area contributed by atoms with Gasteiger partial charge in [0.1, 0.15) is 0 Å². The van der Waals surface area contributed by atoms with E-state index in [1.165, 1.54) is 0 Å². The molecule has 2 amide bonds. The zero-order valence-electron chi connectivity index (χ0n) is 14.3. The number of likely N-dealkylation sites (N-methyl/N-ethyl adjacent to an activating group) is 1. The number of nitrogens with one attached hydrogen (secondary N) is 1. The number of hydrogen-bond donors (Lipinski definition) is 2. The van der Waals surface area contributed by atoms with Crippen molar-refractivity contribution in [3.63, 3.8) is 0 Å². The predicted octanol–water partition coefficient (Wildman–Crippen LogP) is 1.91. The molecule has 8 heteroatoms. The fraction of sp³-hybridized carbons (Fsp3) is 0.471. The average molecular weight is 346 g/mol. The van der Waals surface area contributed by atoms with Crippen LogP contribution in [0, 0.1) is 0 Å². The van der Waals surface area contributed by atoms with E-state index in [4.69, 9.17) is 9.26 Å². The molecule has 0 saturated carbocycles. The van der Waals surface area contributed by atoms with Crippen LogP contribution in [-0.2, 0) is 11.2 Å². The first-order valence-corrected chi connectivity index (χ1v) is 8.39. The normalized spacial score (nSPS) is 19.8. The van der Waals surface area contributed by atoms with Gasteiger partial charge in [-0.05, 0) is 19.1 Å². The number of amides is 2. The third-order valence-electron chi connectivity index (χ3n) is 4.21. The van der Waals surface area contributed by atoms with Gasteiger partial charge in [-0.15, -0.1) is 0 Å². The molecule has 8 nitrogen and oxygen atoms in total. The topological polar surface area (TPSA) is 101 Å². The number of benzene rings is 1. The van der Waals surface area contributed by atoms with Gasteiger partial charge in [0, 0.05) is 13.0 Å². The van der Waals surface area contributed by atoms with Crippen molar-refractivity contribution in [2.75, 3.05) is 25.1 Å². The van der Waals surface area contributed by atoms with Gasteiger partial charge < -0.3 is 24.6 Å². The molecule has 0 spiro atoms. The molecule has 2 N–H and O–H groups in total. The van der Waals surface area contributed by atoms with Crippen molar-refractivity contribution in [1.82, 2.24) is 15.0 Å². The third-order valence-corrected chi connectivity index (χ3v) is 4.21. The number of aliphatic hydroxyl groups is 1. The number of ether oxygens (including phenoxy) is 1. The van der Waals surface area contributed by atoms with Gasteiger partial charge in [0.25, 0.3) is 5.89 Å². The Morgan fingerprint density at radius 2 is 2.16 bits per heavy atom. The fourth-order valence-corrected chi connectivity index (χ4v) is 2.83.